The molecule has 2 rings (SSSR count). The van der Waals surface area contributed by atoms with Crippen LogP contribution in [0.3, 0.4) is 0 Å². The van der Waals surface area contributed by atoms with Crippen LogP contribution < -0.4 is 0 Å². The number of hydrogen-bond donors (Lipinski definition) is 0. The molecule has 0 N–H and O–H groups in total. The summed E-state index contributed by atoms with van der Waals surface area (Å²) in [6.45, 7) is 0. The van der Waals surface area contributed by atoms with E-state index in [0.717, 1.165) is 0 Å². The first-order valence-electron chi connectivity index (χ1n) is 4.93. The second kappa shape index (κ2) is 4.65. The van der Waals surface area contributed by atoms with Gasteiger partial charge in [-0.25, -0.2) is 4.39 Å². The number of carbonyl (C=O) groups excluding carboxylic acids is 2. The molecule has 0 unspecified atom stereocenters. The van der Waals surface area contributed by atoms with Crippen LogP contribution in [0.2, 0.25) is 0 Å². The fraction of sp³-hybridized carbons (Fsp3) is 0. The minimum Gasteiger partial charge on any atom is -0.296 e. The van der Waals surface area contributed by atoms with Gasteiger partial charge in [-0.2, -0.15) is 0 Å². The fourth-order valence-electron chi connectivity index (χ4n) is 1.49. The van der Waals surface area contributed by atoms with Gasteiger partial charge in [0.05, 0.1) is 11.1 Å². The molecule has 0 atom stereocenters. The maximum atomic E-state index is 13.4. The Labute approximate surface area is 96.9 Å². The zero-order chi connectivity index (χ0) is 12.3. The summed E-state index contributed by atoms with van der Waals surface area (Å²) in [6.07, 6.45) is 1.88. The van der Waals surface area contributed by atoms with Gasteiger partial charge in [-0.3, -0.25) is 14.6 Å². The van der Waals surface area contributed by atoms with E-state index in [1.165, 1.54) is 36.5 Å². The van der Waals surface area contributed by atoms with E-state index in [1.54, 1.807) is 6.07 Å². The van der Waals surface area contributed by atoms with E-state index >= 15 is 0 Å². The standard InChI is InChI=1S/C13H8FNO2/c14-11-6-2-1-4-9(11)13(17)10-5-3-7-15-12(10)8-16/h1-8H. The lowest BCUT2D eigenvalue weighted by molar-refractivity contribution is 0.102. The van der Waals surface area contributed by atoms with E-state index in [1.807, 2.05) is 0 Å². The van der Waals surface area contributed by atoms with Crippen LogP contribution in [0.15, 0.2) is 42.6 Å². The predicted molar refractivity (Wildman–Crippen MR) is 59.5 cm³/mol. The molecule has 1 heterocycles. The molecule has 0 amide bonds. The summed E-state index contributed by atoms with van der Waals surface area (Å²) in [6, 6.07) is 8.61. The first kappa shape index (κ1) is 11.1. The highest BCUT2D eigenvalue weighted by atomic mass is 19.1. The highest BCUT2D eigenvalue weighted by Crippen LogP contribution is 2.14. The van der Waals surface area contributed by atoms with Gasteiger partial charge in [-0.05, 0) is 24.3 Å². The van der Waals surface area contributed by atoms with Crippen LogP contribution in [0.5, 0.6) is 0 Å². The van der Waals surface area contributed by atoms with Crippen molar-refractivity contribution in [2.24, 2.45) is 0 Å². The Bertz CT molecular complexity index is 581. The molecule has 4 heteroatoms. The average Bonchev–Trinajstić information content (AvgIpc) is 2.38. The van der Waals surface area contributed by atoms with Crippen molar-refractivity contribution in [3.63, 3.8) is 0 Å². The monoisotopic (exact) mass is 229 g/mol. The fourth-order valence-corrected chi connectivity index (χ4v) is 1.49. The van der Waals surface area contributed by atoms with Crippen molar-refractivity contribution in [3.05, 3.63) is 65.2 Å². The van der Waals surface area contributed by atoms with Crippen molar-refractivity contribution < 1.29 is 14.0 Å². The Morgan fingerprint density at radius 3 is 2.53 bits per heavy atom. The van der Waals surface area contributed by atoms with Gasteiger partial charge >= 0.3 is 0 Å². The summed E-state index contributed by atoms with van der Waals surface area (Å²) in [5.74, 6) is -1.16. The second-order valence-corrected chi connectivity index (χ2v) is 3.36. The molecule has 0 bridgehead atoms. The molecular weight excluding hydrogens is 221 g/mol. The quantitative estimate of drug-likeness (QED) is 0.599. The third-order valence-electron chi connectivity index (χ3n) is 2.31. The van der Waals surface area contributed by atoms with Crippen LogP contribution in [0.25, 0.3) is 0 Å². The van der Waals surface area contributed by atoms with Crippen LogP contribution in [0.4, 0.5) is 4.39 Å². The molecule has 17 heavy (non-hydrogen) atoms. The number of hydrogen-bond acceptors (Lipinski definition) is 3. The van der Waals surface area contributed by atoms with Crippen LogP contribution in [0.1, 0.15) is 26.4 Å². The number of carbonyl (C=O) groups is 2. The second-order valence-electron chi connectivity index (χ2n) is 3.36. The Kier molecular flexibility index (Phi) is 3.05. The number of aldehydes is 1. The molecule has 1 aromatic heterocycles. The van der Waals surface area contributed by atoms with Gasteiger partial charge in [0.2, 0.25) is 0 Å². The summed E-state index contributed by atoms with van der Waals surface area (Å²) < 4.78 is 13.4. The maximum Gasteiger partial charge on any atom is 0.198 e. The van der Waals surface area contributed by atoms with E-state index in [4.69, 9.17) is 0 Å². The molecule has 0 spiro atoms. The zero-order valence-corrected chi connectivity index (χ0v) is 8.76. The van der Waals surface area contributed by atoms with Crippen LogP contribution >= 0.6 is 0 Å². The van der Waals surface area contributed by atoms with Gasteiger partial charge < -0.3 is 0 Å². The average molecular weight is 229 g/mol. The third-order valence-corrected chi connectivity index (χ3v) is 2.31. The molecule has 3 nitrogen and oxygen atoms in total. The molecule has 1 aromatic carbocycles. The number of nitrogens with zero attached hydrogens (tertiary/aromatic N) is 1. The van der Waals surface area contributed by atoms with Crippen molar-refractivity contribution >= 4 is 12.1 Å². The SMILES string of the molecule is O=Cc1ncccc1C(=O)c1ccccc1F. The Morgan fingerprint density at radius 2 is 1.82 bits per heavy atom. The molecule has 0 saturated carbocycles. The predicted octanol–water partition coefficient (Wildman–Crippen LogP) is 2.26. The Hall–Kier alpha value is -2.36. The topological polar surface area (TPSA) is 47.0 Å². The van der Waals surface area contributed by atoms with Crippen molar-refractivity contribution in [2.75, 3.05) is 0 Å². The molecule has 2 aromatic rings. The molecule has 0 aliphatic rings. The largest absolute Gasteiger partial charge is 0.296 e. The van der Waals surface area contributed by atoms with Crippen LogP contribution in [0, 0.1) is 5.82 Å². The summed E-state index contributed by atoms with van der Waals surface area (Å²) >= 11 is 0. The molecule has 0 saturated heterocycles. The van der Waals surface area contributed by atoms with E-state index in [9.17, 15) is 14.0 Å². The van der Waals surface area contributed by atoms with Gasteiger partial charge in [0.15, 0.2) is 12.1 Å². The highest BCUT2D eigenvalue weighted by molar-refractivity contribution is 6.12. The van der Waals surface area contributed by atoms with E-state index < -0.39 is 11.6 Å². The minimum absolute atomic E-state index is 0.0146. The van der Waals surface area contributed by atoms with Crippen molar-refractivity contribution in [1.82, 2.24) is 4.98 Å². The Morgan fingerprint density at radius 1 is 1.12 bits per heavy atom. The van der Waals surface area contributed by atoms with Crippen LogP contribution in [-0.2, 0) is 0 Å². The Balaban J connectivity index is 2.51. The number of ketones is 1. The molecular formula is C13H8FNO2. The molecule has 0 aliphatic heterocycles. The van der Waals surface area contributed by atoms with Gasteiger partial charge in [0, 0.05) is 6.20 Å². The first-order chi connectivity index (χ1) is 8.24. The van der Waals surface area contributed by atoms with Gasteiger partial charge in [0.25, 0.3) is 0 Å². The molecule has 0 aliphatic carbocycles. The first-order valence-corrected chi connectivity index (χ1v) is 4.93. The number of halogens is 1. The summed E-state index contributed by atoms with van der Waals surface area (Å²) in [5, 5.41) is 0. The summed E-state index contributed by atoms with van der Waals surface area (Å²) in [7, 11) is 0. The number of rotatable bonds is 3. The summed E-state index contributed by atoms with van der Waals surface area (Å²) in [5.41, 5.74) is 0.0527. The van der Waals surface area contributed by atoms with Crippen LogP contribution in [-0.4, -0.2) is 17.1 Å². The van der Waals surface area contributed by atoms with Crippen molar-refractivity contribution in [2.45, 2.75) is 0 Å². The number of benzene rings is 1. The van der Waals surface area contributed by atoms with E-state index in [0.29, 0.717) is 6.29 Å². The third kappa shape index (κ3) is 2.10. The highest BCUT2D eigenvalue weighted by Gasteiger charge is 2.16. The van der Waals surface area contributed by atoms with E-state index in [2.05, 4.69) is 4.98 Å². The van der Waals surface area contributed by atoms with Gasteiger partial charge in [-0.1, -0.05) is 12.1 Å². The van der Waals surface area contributed by atoms with Crippen molar-refractivity contribution in [1.29, 1.82) is 0 Å². The van der Waals surface area contributed by atoms with Gasteiger partial charge in [0.1, 0.15) is 11.5 Å². The lowest BCUT2D eigenvalue weighted by Gasteiger charge is -2.03. The normalized spacial score (nSPS) is 9.94. The van der Waals surface area contributed by atoms with E-state index in [-0.39, 0.29) is 16.8 Å². The maximum absolute atomic E-state index is 13.4. The molecule has 0 fully saturated rings. The zero-order valence-electron chi connectivity index (χ0n) is 8.76. The molecule has 0 radical (unpaired) electrons. The number of aromatic nitrogens is 1. The van der Waals surface area contributed by atoms with Crippen molar-refractivity contribution in [3.8, 4) is 0 Å². The summed E-state index contributed by atoms with van der Waals surface area (Å²) in [4.78, 5) is 26.5. The lowest BCUT2D eigenvalue weighted by Crippen LogP contribution is -2.08. The van der Waals surface area contributed by atoms with Gasteiger partial charge in [-0.15, -0.1) is 0 Å². The smallest absolute Gasteiger partial charge is 0.198 e. The lowest BCUT2D eigenvalue weighted by atomic mass is 10.0. The minimum atomic E-state index is -0.613. The molecule has 84 valence electrons. The number of pyridine rings is 1.